The molecule has 0 aromatic heterocycles. The maximum atomic E-state index is 9.93. The third-order valence-corrected chi connectivity index (χ3v) is 2.76. The fourth-order valence-corrected chi connectivity index (χ4v) is 1.82. The fourth-order valence-electron chi connectivity index (χ4n) is 1.82. The van der Waals surface area contributed by atoms with Crippen molar-refractivity contribution in [3.05, 3.63) is 23.8 Å². The van der Waals surface area contributed by atoms with Crippen LogP contribution in [-0.2, 0) is 4.74 Å². The van der Waals surface area contributed by atoms with Crippen molar-refractivity contribution in [2.24, 2.45) is 21.7 Å². The number of benzene rings is 1. The molecule has 1 saturated heterocycles. The van der Waals surface area contributed by atoms with Crippen LogP contribution in [0.4, 0.5) is 5.69 Å². The van der Waals surface area contributed by atoms with E-state index in [0.29, 0.717) is 18.8 Å². The Morgan fingerprint density at radius 3 is 2.68 bits per heavy atom. The first-order valence-corrected chi connectivity index (χ1v) is 5.94. The van der Waals surface area contributed by atoms with Crippen LogP contribution in [0.1, 0.15) is 5.56 Å². The molecule has 1 fully saturated rings. The number of hydrogen-bond acceptors (Lipinski definition) is 5. The Hall–Kier alpha value is -2.28. The Labute approximate surface area is 111 Å². The summed E-state index contributed by atoms with van der Waals surface area (Å²) in [7, 11) is 0. The summed E-state index contributed by atoms with van der Waals surface area (Å²) in [4.78, 5) is 2.15. The van der Waals surface area contributed by atoms with Gasteiger partial charge in [-0.2, -0.15) is 5.10 Å². The molecule has 7 nitrogen and oxygen atoms in total. The monoisotopic (exact) mass is 263 g/mol. The van der Waals surface area contributed by atoms with Crippen LogP contribution >= 0.6 is 0 Å². The van der Waals surface area contributed by atoms with Crippen LogP contribution in [-0.4, -0.2) is 43.6 Å². The first kappa shape index (κ1) is 13.2. The van der Waals surface area contributed by atoms with Crippen molar-refractivity contribution in [1.82, 2.24) is 0 Å². The smallest absolute Gasteiger partial charge is 0.211 e. The maximum Gasteiger partial charge on any atom is 0.211 e. The van der Waals surface area contributed by atoms with Gasteiger partial charge in [-0.05, 0) is 12.1 Å². The van der Waals surface area contributed by atoms with Crippen molar-refractivity contribution in [2.75, 3.05) is 31.2 Å². The lowest BCUT2D eigenvalue weighted by molar-refractivity contribution is 0.122. The summed E-state index contributed by atoms with van der Waals surface area (Å²) in [5, 5.41) is 17.1. The number of phenols is 1. The molecular weight excluding hydrogens is 246 g/mol. The number of anilines is 1. The van der Waals surface area contributed by atoms with Gasteiger partial charge in [0.05, 0.1) is 19.4 Å². The number of ether oxygens (including phenoxy) is 1. The molecule has 0 atom stereocenters. The van der Waals surface area contributed by atoms with E-state index in [2.05, 4.69) is 15.1 Å². The molecule has 0 bridgehead atoms. The van der Waals surface area contributed by atoms with Gasteiger partial charge >= 0.3 is 0 Å². The molecule has 0 saturated carbocycles. The Morgan fingerprint density at radius 1 is 1.32 bits per heavy atom. The molecule has 1 aromatic rings. The molecule has 1 heterocycles. The zero-order valence-corrected chi connectivity index (χ0v) is 10.5. The van der Waals surface area contributed by atoms with Crippen molar-refractivity contribution in [1.29, 1.82) is 0 Å². The molecular formula is C12H17N5O2. The first-order valence-electron chi connectivity index (χ1n) is 5.94. The number of guanidine groups is 1. The highest BCUT2D eigenvalue weighted by Gasteiger charge is 2.12. The highest BCUT2D eigenvalue weighted by atomic mass is 16.5. The molecule has 0 radical (unpaired) electrons. The van der Waals surface area contributed by atoms with E-state index in [1.165, 1.54) is 6.21 Å². The molecule has 1 aromatic carbocycles. The molecule has 1 aliphatic rings. The summed E-state index contributed by atoms with van der Waals surface area (Å²) in [6.45, 7) is 3.05. The quantitative estimate of drug-likeness (QED) is 0.398. The standard InChI is InChI=1S/C12H17N5O2/c13-12(14)16-15-8-9-1-2-10(7-11(9)18)17-3-5-19-6-4-17/h1-2,7-8,18H,3-6H2,(H4,13,14,16). The average Bonchev–Trinajstić information content (AvgIpc) is 2.41. The summed E-state index contributed by atoms with van der Waals surface area (Å²) >= 11 is 0. The van der Waals surface area contributed by atoms with E-state index in [0.717, 1.165) is 18.8 Å². The van der Waals surface area contributed by atoms with Gasteiger partial charge in [0.25, 0.3) is 0 Å². The SMILES string of the molecule is NC(N)=NN=Cc1ccc(N2CCOCC2)cc1O. The van der Waals surface area contributed by atoms with E-state index in [-0.39, 0.29) is 11.7 Å². The summed E-state index contributed by atoms with van der Waals surface area (Å²) in [6.07, 6.45) is 1.40. The van der Waals surface area contributed by atoms with Crippen molar-refractivity contribution < 1.29 is 9.84 Å². The number of nitrogens with zero attached hydrogens (tertiary/aromatic N) is 3. The number of aromatic hydroxyl groups is 1. The van der Waals surface area contributed by atoms with Crippen LogP contribution in [0, 0.1) is 0 Å². The summed E-state index contributed by atoms with van der Waals surface area (Å²) in [6, 6.07) is 5.38. The predicted octanol–water partition coefficient (Wildman–Crippen LogP) is -0.164. The number of hydrogen-bond donors (Lipinski definition) is 3. The van der Waals surface area contributed by atoms with Gasteiger partial charge in [0.1, 0.15) is 5.75 Å². The fraction of sp³-hybridized carbons (Fsp3) is 0.333. The van der Waals surface area contributed by atoms with Gasteiger partial charge in [0.15, 0.2) is 0 Å². The summed E-state index contributed by atoms with van der Waals surface area (Å²) in [5.74, 6) is 0.0132. The van der Waals surface area contributed by atoms with Crippen LogP contribution in [0.3, 0.4) is 0 Å². The lowest BCUT2D eigenvalue weighted by atomic mass is 10.2. The minimum absolute atomic E-state index is 0.124. The van der Waals surface area contributed by atoms with E-state index in [4.69, 9.17) is 16.2 Å². The Kier molecular flexibility index (Phi) is 4.19. The molecule has 0 amide bonds. The minimum atomic E-state index is -0.124. The summed E-state index contributed by atoms with van der Waals surface area (Å²) in [5.41, 5.74) is 11.8. The van der Waals surface area contributed by atoms with Crippen molar-refractivity contribution in [3.8, 4) is 5.75 Å². The predicted molar refractivity (Wildman–Crippen MR) is 74.5 cm³/mol. The minimum Gasteiger partial charge on any atom is -0.507 e. The molecule has 5 N–H and O–H groups in total. The normalized spacial score (nSPS) is 15.7. The lowest BCUT2D eigenvalue weighted by Crippen LogP contribution is -2.36. The molecule has 0 unspecified atom stereocenters. The van der Waals surface area contributed by atoms with E-state index >= 15 is 0 Å². The van der Waals surface area contributed by atoms with E-state index in [1.54, 1.807) is 12.1 Å². The molecule has 2 rings (SSSR count). The Balaban J connectivity index is 2.12. The zero-order valence-electron chi connectivity index (χ0n) is 10.5. The largest absolute Gasteiger partial charge is 0.507 e. The second-order valence-electron chi connectivity index (χ2n) is 4.11. The lowest BCUT2D eigenvalue weighted by Gasteiger charge is -2.29. The second kappa shape index (κ2) is 6.05. The van der Waals surface area contributed by atoms with E-state index < -0.39 is 0 Å². The van der Waals surface area contributed by atoms with E-state index in [9.17, 15) is 5.11 Å². The molecule has 19 heavy (non-hydrogen) atoms. The molecule has 7 heteroatoms. The second-order valence-corrected chi connectivity index (χ2v) is 4.11. The number of phenolic OH excluding ortho intramolecular Hbond substituents is 1. The molecule has 0 spiro atoms. The van der Waals surface area contributed by atoms with Crippen LogP contribution in [0.5, 0.6) is 5.75 Å². The van der Waals surface area contributed by atoms with Crippen LogP contribution in [0.25, 0.3) is 0 Å². The molecule has 0 aliphatic carbocycles. The highest BCUT2D eigenvalue weighted by Crippen LogP contribution is 2.24. The van der Waals surface area contributed by atoms with E-state index in [1.807, 2.05) is 6.07 Å². The Bertz CT molecular complexity index is 491. The van der Waals surface area contributed by atoms with Crippen LogP contribution in [0.2, 0.25) is 0 Å². The number of rotatable bonds is 3. The van der Waals surface area contributed by atoms with Crippen LogP contribution < -0.4 is 16.4 Å². The van der Waals surface area contributed by atoms with Gasteiger partial charge in [0.2, 0.25) is 5.96 Å². The van der Waals surface area contributed by atoms with Gasteiger partial charge in [-0.25, -0.2) is 0 Å². The Morgan fingerprint density at radius 2 is 2.05 bits per heavy atom. The topological polar surface area (TPSA) is 109 Å². The number of morpholine rings is 1. The number of nitrogens with two attached hydrogens (primary N) is 2. The molecule has 102 valence electrons. The maximum absolute atomic E-state index is 9.93. The molecule has 1 aliphatic heterocycles. The van der Waals surface area contributed by atoms with Gasteiger partial charge in [0, 0.05) is 30.4 Å². The third-order valence-electron chi connectivity index (χ3n) is 2.76. The van der Waals surface area contributed by atoms with Crippen molar-refractivity contribution in [3.63, 3.8) is 0 Å². The van der Waals surface area contributed by atoms with Crippen molar-refractivity contribution in [2.45, 2.75) is 0 Å². The van der Waals surface area contributed by atoms with Gasteiger partial charge in [-0.1, -0.05) is 0 Å². The zero-order chi connectivity index (χ0) is 13.7. The van der Waals surface area contributed by atoms with Crippen molar-refractivity contribution >= 4 is 17.9 Å². The first-order chi connectivity index (χ1) is 9.16. The third kappa shape index (κ3) is 3.59. The van der Waals surface area contributed by atoms with Gasteiger partial charge in [-0.3, -0.25) is 0 Å². The highest BCUT2D eigenvalue weighted by molar-refractivity contribution is 5.85. The summed E-state index contributed by atoms with van der Waals surface area (Å²) < 4.78 is 5.29. The average molecular weight is 263 g/mol. The van der Waals surface area contributed by atoms with Crippen LogP contribution in [0.15, 0.2) is 28.4 Å². The van der Waals surface area contributed by atoms with Gasteiger partial charge in [-0.15, -0.1) is 5.10 Å². The van der Waals surface area contributed by atoms with Gasteiger partial charge < -0.3 is 26.2 Å².